The highest BCUT2D eigenvalue weighted by atomic mass is 15.2. The van der Waals surface area contributed by atoms with Crippen molar-refractivity contribution in [2.24, 2.45) is 0 Å². The molecule has 3 heterocycles. The van der Waals surface area contributed by atoms with Gasteiger partial charge in [0.05, 0.1) is 11.8 Å². The Hall–Kier alpha value is -3.22. The van der Waals surface area contributed by atoms with Crippen LogP contribution in [0.15, 0.2) is 42.9 Å². The molecular formula is C16H15N7. The van der Waals surface area contributed by atoms with Gasteiger partial charge in [-0.3, -0.25) is 4.98 Å². The van der Waals surface area contributed by atoms with Crippen LogP contribution >= 0.6 is 0 Å². The molecule has 4 aromatic rings. The van der Waals surface area contributed by atoms with Crippen molar-refractivity contribution < 1.29 is 0 Å². The van der Waals surface area contributed by atoms with Crippen LogP contribution in [0.2, 0.25) is 0 Å². The third-order valence-corrected chi connectivity index (χ3v) is 3.54. The van der Waals surface area contributed by atoms with Crippen molar-refractivity contribution in [2.45, 2.75) is 0 Å². The zero-order valence-corrected chi connectivity index (χ0v) is 12.8. The van der Waals surface area contributed by atoms with Crippen LogP contribution in [0.3, 0.4) is 0 Å². The third-order valence-electron chi connectivity index (χ3n) is 3.54. The summed E-state index contributed by atoms with van der Waals surface area (Å²) in [6.45, 7) is 0. The van der Waals surface area contributed by atoms with Crippen LogP contribution in [-0.4, -0.2) is 39.0 Å². The van der Waals surface area contributed by atoms with Gasteiger partial charge in [-0.05, 0) is 24.3 Å². The summed E-state index contributed by atoms with van der Waals surface area (Å²) in [6.07, 6.45) is 3.41. The molecule has 7 heteroatoms. The van der Waals surface area contributed by atoms with Crippen LogP contribution in [0.4, 0.5) is 17.5 Å². The zero-order chi connectivity index (χ0) is 15.8. The molecule has 0 saturated carbocycles. The van der Waals surface area contributed by atoms with Crippen LogP contribution in [0, 0.1) is 0 Å². The number of benzene rings is 1. The lowest BCUT2D eigenvalue weighted by atomic mass is 10.2. The Labute approximate surface area is 132 Å². The molecule has 0 aliphatic heterocycles. The molecule has 0 unspecified atom stereocenters. The van der Waals surface area contributed by atoms with Crippen LogP contribution in [0.1, 0.15) is 0 Å². The van der Waals surface area contributed by atoms with E-state index in [1.54, 1.807) is 12.5 Å². The van der Waals surface area contributed by atoms with Crippen molar-refractivity contribution >= 4 is 39.5 Å². The monoisotopic (exact) mass is 305 g/mol. The largest absolute Gasteiger partial charge is 0.361 e. The van der Waals surface area contributed by atoms with Gasteiger partial charge in [0.1, 0.15) is 0 Å². The van der Waals surface area contributed by atoms with E-state index in [0.29, 0.717) is 11.6 Å². The molecule has 7 nitrogen and oxygen atoms in total. The quantitative estimate of drug-likeness (QED) is 0.605. The van der Waals surface area contributed by atoms with Gasteiger partial charge in [-0.15, -0.1) is 0 Å². The minimum atomic E-state index is 0.522. The van der Waals surface area contributed by atoms with Crippen LogP contribution < -0.4 is 10.2 Å². The van der Waals surface area contributed by atoms with Gasteiger partial charge in [0, 0.05) is 31.4 Å². The molecule has 0 aliphatic carbocycles. The molecule has 2 N–H and O–H groups in total. The highest BCUT2D eigenvalue weighted by Gasteiger charge is 2.12. The average Bonchev–Trinajstić information content (AvgIpc) is 3.02. The van der Waals surface area contributed by atoms with Crippen molar-refractivity contribution in [3.63, 3.8) is 0 Å². The van der Waals surface area contributed by atoms with E-state index < -0.39 is 0 Å². The highest BCUT2D eigenvalue weighted by Crippen LogP contribution is 2.24. The second-order valence-corrected chi connectivity index (χ2v) is 5.40. The first kappa shape index (κ1) is 13.4. The molecule has 0 aliphatic rings. The number of nitrogens with zero attached hydrogens (tertiary/aromatic N) is 5. The Balaban J connectivity index is 1.76. The molecule has 1 aromatic carbocycles. The summed E-state index contributed by atoms with van der Waals surface area (Å²) >= 11 is 0. The van der Waals surface area contributed by atoms with E-state index in [2.05, 4.69) is 30.2 Å². The zero-order valence-electron chi connectivity index (χ0n) is 12.8. The minimum Gasteiger partial charge on any atom is -0.361 e. The normalized spacial score (nSPS) is 11.0. The fraction of sp³-hybridized carbons (Fsp3) is 0.125. The van der Waals surface area contributed by atoms with Crippen LogP contribution in [-0.2, 0) is 0 Å². The van der Waals surface area contributed by atoms with E-state index in [-0.39, 0.29) is 0 Å². The number of pyridine rings is 1. The fourth-order valence-electron chi connectivity index (χ4n) is 2.47. The van der Waals surface area contributed by atoms with Crippen LogP contribution in [0.25, 0.3) is 22.1 Å². The summed E-state index contributed by atoms with van der Waals surface area (Å²) in [5.41, 5.74) is 3.32. The Morgan fingerprint density at radius 1 is 1.09 bits per heavy atom. The second kappa shape index (κ2) is 5.20. The number of imidazole rings is 1. The fourth-order valence-corrected chi connectivity index (χ4v) is 2.47. The predicted molar refractivity (Wildman–Crippen MR) is 91.0 cm³/mol. The lowest BCUT2D eigenvalue weighted by Gasteiger charge is -2.13. The Morgan fingerprint density at radius 2 is 2.00 bits per heavy atom. The van der Waals surface area contributed by atoms with E-state index in [1.807, 2.05) is 49.3 Å². The number of anilines is 3. The first-order chi connectivity index (χ1) is 11.2. The number of aromatic nitrogens is 5. The van der Waals surface area contributed by atoms with E-state index in [1.165, 1.54) is 0 Å². The Kier molecular flexibility index (Phi) is 3.04. The lowest BCUT2D eigenvalue weighted by Crippen LogP contribution is -2.13. The second-order valence-electron chi connectivity index (χ2n) is 5.40. The number of hydrogen-bond acceptors (Lipinski definition) is 6. The number of fused-ring (bicyclic) bond motifs is 2. The first-order valence-corrected chi connectivity index (χ1v) is 7.21. The molecular weight excluding hydrogens is 290 g/mol. The molecule has 0 amide bonds. The minimum absolute atomic E-state index is 0.522. The SMILES string of the molecule is CN(C)c1nc(Nc2ccc3ncccc3c2)nc2[nH]cnc12. The van der Waals surface area contributed by atoms with Crippen LogP contribution in [0.5, 0.6) is 0 Å². The van der Waals surface area contributed by atoms with Gasteiger partial charge in [-0.25, -0.2) is 4.98 Å². The molecule has 23 heavy (non-hydrogen) atoms. The molecule has 0 atom stereocenters. The van der Waals surface area contributed by atoms with E-state index >= 15 is 0 Å². The summed E-state index contributed by atoms with van der Waals surface area (Å²) in [7, 11) is 3.86. The molecule has 0 radical (unpaired) electrons. The molecule has 3 aromatic heterocycles. The number of H-pyrrole nitrogens is 1. The molecule has 0 saturated heterocycles. The Morgan fingerprint density at radius 3 is 2.87 bits per heavy atom. The van der Waals surface area contributed by atoms with E-state index in [9.17, 15) is 0 Å². The van der Waals surface area contributed by atoms with Gasteiger partial charge in [0.15, 0.2) is 17.0 Å². The summed E-state index contributed by atoms with van der Waals surface area (Å²) in [4.78, 5) is 22.6. The van der Waals surface area contributed by atoms with Gasteiger partial charge in [0.25, 0.3) is 0 Å². The maximum absolute atomic E-state index is 4.55. The van der Waals surface area contributed by atoms with Gasteiger partial charge in [0.2, 0.25) is 5.95 Å². The number of aromatic amines is 1. The van der Waals surface area contributed by atoms with Crippen molar-refractivity contribution in [3.8, 4) is 0 Å². The lowest BCUT2D eigenvalue weighted by molar-refractivity contribution is 1.06. The predicted octanol–water partition coefficient (Wildman–Crippen LogP) is 2.71. The van der Waals surface area contributed by atoms with Crippen molar-refractivity contribution in [2.75, 3.05) is 24.3 Å². The van der Waals surface area contributed by atoms with Crippen molar-refractivity contribution in [1.82, 2.24) is 24.9 Å². The highest BCUT2D eigenvalue weighted by molar-refractivity contribution is 5.86. The molecule has 0 fully saturated rings. The number of rotatable bonds is 3. The molecule has 0 spiro atoms. The summed E-state index contributed by atoms with van der Waals surface area (Å²) in [5, 5.41) is 4.31. The third kappa shape index (κ3) is 2.42. The standard InChI is InChI=1S/C16H15N7/c1-23(2)15-13-14(19-9-18-13)21-16(22-15)20-11-5-6-12-10(8-11)4-3-7-17-12/h3-9H,1-2H3,(H2,18,19,20,21,22). The smallest absolute Gasteiger partial charge is 0.231 e. The summed E-state index contributed by atoms with van der Waals surface area (Å²) < 4.78 is 0. The molecule has 4 rings (SSSR count). The van der Waals surface area contributed by atoms with Crippen molar-refractivity contribution in [3.05, 3.63) is 42.9 Å². The first-order valence-electron chi connectivity index (χ1n) is 7.21. The van der Waals surface area contributed by atoms with Gasteiger partial charge in [-0.2, -0.15) is 9.97 Å². The maximum atomic E-state index is 4.55. The number of nitrogens with one attached hydrogen (secondary N) is 2. The Bertz CT molecular complexity index is 990. The summed E-state index contributed by atoms with van der Waals surface area (Å²) in [5.74, 6) is 1.29. The number of hydrogen-bond donors (Lipinski definition) is 2. The maximum Gasteiger partial charge on any atom is 0.231 e. The topological polar surface area (TPSA) is 82.6 Å². The molecule has 0 bridgehead atoms. The van der Waals surface area contributed by atoms with Gasteiger partial charge < -0.3 is 15.2 Å². The van der Waals surface area contributed by atoms with E-state index in [4.69, 9.17) is 0 Å². The summed E-state index contributed by atoms with van der Waals surface area (Å²) in [6, 6.07) is 9.91. The van der Waals surface area contributed by atoms with Gasteiger partial charge >= 0.3 is 0 Å². The molecule has 114 valence electrons. The van der Waals surface area contributed by atoms with E-state index in [0.717, 1.165) is 27.9 Å². The average molecular weight is 305 g/mol. The van der Waals surface area contributed by atoms with Crippen molar-refractivity contribution in [1.29, 1.82) is 0 Å². The van der Waals surface area contributed by atoms with Gasteiger partial charge in [-0.1, -0.05) is 6.07 Å².